The summed E-state index contributed by atoms with van der Waals surface area (Å²) in [4.78, 5) is 11.8. The Hall–Kier alpha value is -1.36. The van der Waals surface area contributed by atoms with Crippen molar-refractivity contribution in [3.05, 3.63) is 17.0 Å². The molecular weight excluding hydrogens is 192 g/mol. The van der Waals surface area contributed by atoms with Crippen LogP contribution in [-0.2, 0) is 0 Å². The Labute approximate surface area is 88.6 Å². The van der Waals surface area contributed by atoms with Crippen LogP contribution in [0.3, 0.4) is 0 Å². The maximum atomic E-state index is 11.8. The molecule has 1 aliphatic rings. The third-order valence-electron chi connectivity index (χ3n) is 2.86. The molecule has 1 amide bonds. The summed E-state index contributed by atoms with van der Waals surface area (Å²) in [6, 6.07) is 0.244. The molecule has 1 aromatic heterocycles. The van der Waals surface area contributed by atoms with Crippen molar-refractivity contribution in [2.45, 2.75) is 26.3 Å². The number of hydrogen-bond donors (Lipinski definition) is 3. The Morgan fingerprint density at radius 2 is 2.33 bits per heavy atom. The lowest BCUT2D eigenvalue weighted by Crippen LogP contribution is -2.36. The SMILES string of the molecule is Cc1[nH]nc(C(=O)NC2CCNC2)c1C. The molecule has 15 heavy (non-hydrogen) atoms. The lowest BCUT2D eigenvalue weighted by Gasteiger charge is -2.09. The predicted molar refractivity (Wildman–Crippen MR) is 56.8 cm³/mol. The predicted octanol–water partition coefficient (Wildman–Crippen LogP) is 0.118. The quantitative estimate of drug-likeness (QED) is 0.646. The highest BCUT2D eigenvalue weighted by Gasteiger charge is 2.20. The Kier molecular flexibility index (Phi) is 2.73. The number of nitrogens with zero attached hydrogens (tertiary/aromatic N) is 1. The number of carbonyl (C=O) groups excluding carboxylic acids is 1. The van der Waals surface area contributed by atoms with E-state index in [0.717, 1.165) is 30.8 Å². The average molecular weight is 208 g/mol. The molecule has 0 saturated carbocycles. The number of aromatic amines is 1. The van der Waals surface area contributed by atoms with Gasteiger partial charge in [-0.15, -0.1) is 0 Å². The van der Waals surface area contributed by atoms with Gasteiger partial charge in [-0.05, 0) is 26.8 Å². The highest BCUT2D eigenvalue weighted by molar-refractivity contribution is 5.94. The Balaban J connectivity index is 2.04. The maximum Gasteiger partial charge on any atom is 0.272 e. The highest BCUT2D eigenvalue weighted by atomic mass is 16.2. The molecule has 1 unspecified atom stereocenters. The smallest absolute Gasteiger partial charge is 0.272 e. The first-order chi connectivity index (χ1) is 7.18. The van der Waals surface area contributed by atoms with Gasteiger partial charge in [0.15, 0.2) is 5.69 Å². The Morgan fingerprint density at radius 3 is 2.87 bits per heavy atom. The van der Waals surface area contributed by atoms with Crippen LogP contribution in [-0.4, -0.2) is 35.2 Å². The zero-order valence-electron chi connectivity index (χ0n) is 9.05. The normalized spacial score (nSPS) is 20.5. The summed E-state index contributed by atoms with van der Waals surface area (Å²) in [5.41, 5.74) is 2.39. The van der Waals surface area contributed by atoms with Crippen LogP contribution in [0.5, 0.6) is 0 Å². The van der Waals surface area contributed by atoms with Crippen LogP contribution in [0.4, 0.5) is 0 Å². The van der Waals surface area contributed by atoms with Gasteiger partial charge in [0.05, 0.1) is 0 Å². The molecule has 3 N–H and O–H groups in total. The minimum Gasteiger partial charge on any atom is -0.347 e. The summed E-state index contributed by atoms with van der Waals surface area (Å²) >= 11 is 0. The highest BCUT2D eigenvalue weighted by Crippen LogP contribution is 2.09. The number of H-pyrrole nitrogens is 1. The third kappa shape index (κ3) is 2.02. The van der Waals surface area contributed by atoms with Crippen molar-refractivity contribution in [1.82, 2.24) is 20.8 Å². The number of amides is 1. The molecule has 1 saturated heterocycles. The van der Waals surface area contributed by atoms with Crippen molar-refractivity contribution in [3.8, 4) is 0 Å². The van der Waals surface area contributed by atoms with E-state index in [9.17, 15) is 4.79 Å². The van der Waals surface area contributed by atoms with Crippen molar-refractivity contribution in [3.63, 3.8) is 0 Å². The molecule has 0 radical (unpaired) electrons. The zero-order valence-corrected chi connectivity index (χ0v) is 9.05. The van der Waals surface area contributed by atoms with E-state index >= 15 is 0 Å². The fraction of sp³-hybridized carbons (Fsp3) is 0.600. The molecule has 82 valence electrons. The topological polar surface area (TPSA) is 69.8 Å². The lowest BCUT2D eigenvalue weighted by atomic mass is 10.2. The van der Waals surface area contributed by atoms with Gasteiger partial charge in [-0.2, -0.15) is 5.10 Å². The largest absolute Gasteiger partial charge is 0.347 e. The summed E-state index contributed by atoms with van der Waals surface area (Å²) in [6.45, 7) is 5.65. The average Bonchev–Trinajstić information content (AvgIpc) is 2.79. The van der Waals surface area contributed by atoms with Crippen molar-refractivity contribution in [1.29, 1.82) is 0 Å². The van der Waals surface area contributed by atoms with Gasteiger partial charge < -0.3 is 10.6 Å². The van der Waals surface area contributed by atoms with Gasteiger partial charge in [-0.3, -0.25) is 9.89 Å². The maximum absolute atomic E-state index is 11.8. The summed E-state index contributed by atoms with van der Waals surface area (Å²) in [5.74, 6) is -0.0782. The molecule has 1 aromatic rings. The van der Waals surface area contributed by atoms with E-state index in [1.54, 1.807) is 0 Å². The van der Waals surface area contributed by atoms with Gasteiger partial charge in [0.1, 0.15) is 0 Å². The number of carbonyl (C=O) groups is 1. The van der Waals surface area contributed by atoms with Gasteiger partial charge in [0.2, 0.25) is 0 Å². The fourth-order valence-corrected chi connectivity index (χ4v) is 1.74. The van der Waals surface area contributed by atoms with Gasteiger partial charge >= 0.3 is 0 Å². The third-order valence-corrected chi connectivity index (χ3v) is 2.86. The van der Waals surface area contributed by atoms with Crippen LogP contribution in [0.25, 0.3) is 0 Å². The number of aromatic nitrogens is 2. The first kappa shape index (κ1) is 10.2. The van der Waals surface area contributed by atoms with Crippen LogP contribution in [0.2, 0.25) is 0 Å². The molecule has 1 aliphatic heterocycles. The van der Waals surface area contributed by atoms with Crippen molar-refractivity contribution in [2.24, 2.45) is 0 Å². The first-order valence-electron chi connectivity index (χ1n) is 5.21. The van der Waals surface area contributed by atoms with E-state index in [2.05, 4.69) is 20.8 Å². The van der Waals surface area contributed by atoms with Crippen LogP contribution in [0.1, 0.15) is 28.2 Å². The summed E-state index contributed by atoms with van der Waals surface area (Å²) in [6.07, 6.45) is 0.994. The van der Waals surface area contributed by atoms with Crippen molar-refractivity contribution < 1.29 is 4.79 Å². The minimum absolute atomic E-state index is 0.0782. The van der Waals surface area contributed by atoms with Crippen LogP contribution in [0, 0.1) is 13.8 Å². The van der Waals surface area contributed by atoms with E-state index in [1.807, 2.05) is 13.8 Å². The standard InChI is InChI=1S/C10H16N4O/c1-6-7(2)13-14-9(6)10(15)12-8-3-4-11-5-8/h8,11H,3-5H2,1-2H3,(H,12,15)(H,13,14). The molecule has 2 heterocycles. The molecule has 0 bridgehead atoms. The van der Waals surface area contributed by atoms with E-state index in [1.165, 1.54) is 0 Å². The van der Waals surface area contributed by atoms with Gasteiger partial charge in [0, 0.05) is 23.8 Å². The van der Waals surface area contributed by atoms with Crippen LogP contribution >= 0.6 is 0 Å². The summed E-state index contributed by atoms with van der Waals surface area (Å²) in [7, 11) is 0. The molecule has 5 heteroatoms. The van der Waals surface area contributed by atoms with Crippen molar-refractivity contribution in [2.75, 3.05) is 13.1 Å². The lowest BCUT2D eigenvalue weighted by molar-refractivity contribution is 0.0934. The molecule has 1 fully saturated rings. The Morgan fingerprint density at radius 1 is 1.53 bits per heavy atom. The second kappa shape index (κ2) is 4.02. The van der Waals surface area contributed by atoms with Crippen LogP contribution < -0.4 is 10.6 Å². The molecule has 0 spiro atoms. The van der Waals surface area contributed by atoms with E-state index in [0.29, 0.717) is 5.69 Å². The summed E-state index contributed by atoms with van der Waals surface area (Å²) in [5, 5.41) is 13.0. The Bertz CT molecular complexity index is 365. The van der Waals surface area contributed by atoms with Gasteiger partial charge in [0.25, 0.3) is 5.91 Å². The number of nitrogens with one attached hydrogen (secondary N) is 3. The fourth-order valence-electron chi connectivity index (χ4n) is 1.74. The number of hydrogen-bond acceptors (Lipinski definition) is 3. The molecule has 2 rings (SSSR count). The molecule has 5 nitrogen and oxygen atoms in total. The molecular formula is C10H16N4O. The van der Waals surface area contributed by atoms with Gasteiger partial charge in [-0.1, -0.05) is 0 Å². The molecule has 1 atom stereocenters. The second-order valence-electron chi connectivity index (χ2n) is 3.99. The van der Waals surface area contributed by atoms with Crippen LogP contribution in [0.15, 0.2) is 0 Å². The summed E-state index contributed by atoms with van der Waals surface area (Å²) < 4.78 is 0. The van der Waals surface area contributed by atoms with E-state index in [4.69, 9.17) is 0 Å². The number of aryl methyl sites for hydroxylation is 1. The van der Waals surface area contributed by atoms with Crippen molar-refractivity contribution >= 4 is 5.91 Å². The minimum atomic E-state index is -0.0782. The van der Waals surface area contributed by atoms with Gasteiger partial charge in [-0.25, -0.2) is 0 Å². The zero-order chi connectivity index (χ0) is 10.8. The second-order valence-corrected chi connectivity index (χ2v) is 3.99. The molecule has 0 aromatic carbocycles. The monoisotopic (exact) mass is 208 g/mol. The number of rotatable bonds is 2. The van der Waals surface area contributed by atoms with E-state index < -0.39 is 0 Å². The first-order valence-corrected chi connectivity index (χ1v) is 5.21. The molecule has 0 aliphatic carbocycles. The van der Waals surface area contributed by atoms with E-state index in [-0.39, 0.29) is 11.9 Å².